The van der Waals surface area contributed by atoms with Gasteiger partial charge in [0.2, 0.25) is 5.91 Å². The van der Waals surface area contributed by atoms with Gasteiger partial charge in [-0.1, -0.05) is 34.1 Å². The van der Waals surface area contributed by atoms with Gasteiger partial charge in [0.05, 0.1) is 12.1 Å². The van der Waals surface area contributed by atoms with Crippen molar-refractivity contribution in [1.29, 1.82) is 0 Å². The highest BCUT2D eigenvalue weighted by Gasteiger charge is 2.17. The molecule has 100 valence electrons. The summed E-state index contributed by atoms with van der Waals surface area (Å²) >= 11 is 3.46. The number of rotatable bonds is 6. The second-order valence-electron chi connectivity index (χ2n) is 4.14. The molecule has 1 aromatic carbocycles. The van der Waals surface area contributed by atoms with Crippen LogP contribution >= 0.6 is 15.9 Å². The third-order valence-electron chi connectivity index (χ3n) is 2.70. The predicted octanol–water partition coefficient (Wildman–Crippen LogP) is 1.99. The zero-order chi connectivity index (χ0) is 13.5. The van der Waals surface area contributed by atoms with E-state index < -0.39 is 6.04 Å². The smallest absolute Gasteiger partial charge is 0.237 e. The molecule has 0 aromatic heterocycles. The van der Waals surface area contributed by atoms with Crippen LogP contribution in [0, 0.1) is 0 Å². The summed E-state index contributed by atoms with van der Waals surface area (Å²) in [4.78, 5) is 11.8. The minimum absolute atomic E-state index is 0.0818. The number of halogens is 1. The number of hydrogen-bond acceptors (Lipinski definition) is 3. The van der Waals surface area contributed by atoms with E-state index in [9.17, 15) is 4.79 Å². The van der Waals surface area contributed by atoms with E-state index in [1.54, 1.807) is 7.11 Å². The molecule has 4 nitrogen and oxygen atoms in total. The van der Waals surface area contributed by atoms with Crippen LogP contribution in [0.5, 0.6) is 0 Å². The number of hydrogen-bond donors (Lipinski definition) is 2. The van der Waals surface area contributed by atoms with Crippen molar-refractivity contribution in [3.05, 3.63) is 34.3 Å². The minimum atomic E-state index is -0.533. The molecule has 0 spiro atoms. The van der Waals surface area contributed by atoms with Crippen molar-refractivity contribution in [2.75, 3.05) is 13.7 Å². The molecule has 3 N–H and O–H groups in total. The maximum absolute atomic E-state index is 11.8. The van der Waals surface area contributed by atoms with Crippen molar-refractivity contribution in [3.63, 3.8) is 0 Å². The molecular weight excluding hydrogens is 296 g/mol. The fourth-order valence-electron chi connectivity index (χ4n) is 1.60. The van der Waals surface area contributed by atoms with Gasteiger partial charge in [-0.15, -0.1) is 0 Å². The standard InChI is InChI=1S/C13H19BrN2O2/c1-9(10-5-3-4-6-11(10)14)16-13(17)12(15)7-8-18-2/h3-6,9,12H,7-8,15H2,1-2H3,(H,16,17)/t9-,12?/m1/s1. The lowest BCUT2D eigenvalue weighted by atomic mass is 10.1. The van der Waals surface area contributed by atoms with Gasteiger partial charge in [-0.2, -0.15) is 0 Å². The van der Waals surface area contributed by atoms with Gasteiger partial charge in [-0.25, -0.2) is 0 Å². The molecule has 0 aliphatic heterocycles. The summed E-state index contributed by atoms with van der Waals surface area (Å²) in [6.45, 7) is 2.42. The molecular formula is C13H19BrN2O2. The normalized spacial score (nSPS) is 14.0. The largest absolute Gasteiger partial charge is 0.385 e. The molecule has 0 radical (unpaired) electrons. The maximum Gasteiger partial charge on any atom is 0.237 e. The number of nitrogens with one attached hydrogen (secondary N) is 1. The number of amides is 1. The van der Waals surface area contributed by atoms with E-state index in [2.05, 4.69) is 21.2 Å². The molecule has 1 rings (SSSR count). The zero-order valence-electron chi connectivity index (χ0n) is 10.7. The Labute approximate surface area is 116 Å². The lowest BCUT2D eigenvalue weighted by Gasteiger charge is -2.18. The monoisotopic (exact) mass is 314 g/mol. The topological polar surface area (TPSA) is 64.3 Å². The molecule has 0 heterocycles. The van der Waals surface area contributed by atoms with E-state index in [0.717, 1.165) is 10.0 Å². The predicted molar refractivity (Wildman–Crippen MR) is 75.2 cm³/mol. The highest BCUT2D eigenvalue weighted by Crippen LogP contribution is 2.22. The minimum Gasteiger partial charge on any atom is -0.385 e. The van der Waals surface area contributed by atoms with E-state index in [4.69, 9.17) is 10.5 Å². The van der Waals surface area contributed by atoms with Gasteiger partial charge in [-0.3, -0.25) is 4.79 Å². The number of benzene rings is 1. The van der Waals surface area contributed by atoms with Gasteiger partial charge in [0.1, 0.15) is 0 Å². The fraction of sp³-hybridized carbons (Fsp3) is 0.462. The van der Waals surface area contributed by atoms with Gasteiger partial charge in [-0.05, 0) is 25.0 Å². The number of carbonyl (C=O) groups is 1. The van der Waals surface area contributed by atoms with Crippen LogP contribution in [-0.2, 0) is 9.53 Å². The molecule has 0 fully saturated rings. The Morgan fingerprint density at radius 2 is 2.17 bits per heavy atom. The van der Waals surface area contributed by atoms with Gasteiger partial charge in [0.25, 0.3) is 0 Å². The number of ether oxygens (including phenoxy) is 1. The van der Waals surface area contributed by atoms with Crippen molar-refractivity contribution in [2.45, 2.75) is 25.4 Å². The molecule has 1 unspecified atom stereocenters. The van der Waals surface area contributed by atoms with Crippen molar-refractivity contribution in [3.8, 4) is 0 Å². The number of carbonyl (C=O) groups excluding carboxylic acids is 1. The van der Waals surface area contributed by atoms with E-state index >= 15 is 0 Å². The third-order valence-corrected chi connectivity index (χ3v) is 3.42. The molecule has 5 heteroatoms. The third kappa shape index (κ3) is 4.40. The van der Waals surface area contributed by atoms with E-state index in [1.165, 1.54) is 0 Å². The first-order valence-electron chi connectivity index (χ1n) is 5.85. The van der Waals surface area contributed by atoms with Crippen LogP contribution in [0.25, 0.3) is 0 Å². The Balaban J connectivity index is 2.57. The van der Waals surface area contributed by atoms with Crippen molar-refractivity contribution in [2.24, 2.45) is 5.73 Å². The highest BCUT2D eigenvalue weighted by atomic mass is 79.9. The molecule has 0 saturated heterocycles. The summed E-state index contributed by atoms with van der Waals surface area (Å²) in [6, 6.07) is 7.18. The van der Waals surface area contributed by atoms with Crippen molar-refractivity contribution in [1.82, 2.24) is 5.32 Å². The summed E-state index contributed by atoms with van der Waals surface area (Å²) in [5.74, 6) is -0.157. The highest BCUT2D eigenvalue weighted by molar-refractivity contribution is 9.10. The van der Waals surface area contributed by atoms with Crippen LogP contribution in [0.2, 0.25) is 0 Å². The van der Waals surface area contributed by atoms with Crippen LogP contribution in [-0.4, -0.2) is 25.7 Å². The van der Waals surface area contributed by atoms with Crippen LogP contribution in [0.3, 0.4) is 0 Å². The molecule has 1 amide bonds. The second-order valence-corrected chi connectivity index (χ2v) is 4.99. The first-order valence-corrected chi connectivity index (χ1v) is 6.65. The summed E-state index contributed by atoms with van der Waals surface area (Å²) in [7, 11) is 1.59. The first-order chi connectivity index (χ1) is 8.56. The van der Waals surface area contributed by atoms with E-state index in [-0.39, 0.29) is 11.9 Å². The lowest BCUT2D eigenvalue weighted by Crippen LogP contribution is -2.42. The first kappa shape index (κ1) is 15.1. The average molecular weight is 315 g/mol. The molecule has 2 atom stereocenters. The summed E-state index contributed by atoms with van der Waals surface area (Å²) in [6.07, 6.45) is 0.519. The van der Waals surface area contributed by atoms with Gasteiger partial charge in [0.15, 0.2) is 0 Å². The summed E-state index contributed by atoms with van der Waals surface area (Å²) in [5, 5.41) is 2.90. The van der Waals surface area contributed by atoms with Crippen LogP contribution < -0.4 is 11.1 Å². The Morgan fingerprint density at radius 1 is 1.50 bits per heavy atom. The van der Waals surface area contributed by atoms with Crippen LogP contribution in [0.4, 0.5) is 0 Å². The van der Waals surface area contributed by atoms with Crippen molar-refractivity contribution >= 4 is 21.8 Å². The Kier molecular flexibility index (Phi) is 6.32. The van der Waals surface area contributed by atoms with Crippen molar-refractivity contribution < 1.29 is 9.53 Å². The van der Waals surface area contributed by atoms with Gasteiger partial charge < -0.3 is 15.8 Å². The number of methoxy groups -OCH3 is 1. The van der Waals surface area contributed by atoms with E-state index in [1.807, 2.05) is 31.2 Å². The van der Waals surface area contributed by atoms with E-state index in [0.29, 0.717) is 13.0 Å². The molecule has 0 saturated carbocycles. The summed E-state index contributed by atoms with van der Waals surface area (Å²) in [5.41, 5.74) is 6.80. The van der Waals surface area contributed by atoms with Gasteiger partial charge in [0, 0.05) is 18.2 Å². The maximum atomic E-state index is 11.8. The average Bonchev–Trinajstić information content (AvgIpc) is 2.36. The Hall–Kier alpha value is -0.910. The lowest BCUT2D eigenvalue weighted by molar-refractivity contribution is -0.123. The quantitative estimate of drug-likeness (QED) is 0.844. The van der Waals surface area contributed by atoms with Crippen LogP contribution in [0.15, 0.2) is 28.7 Å². The zero-order valence-corrected chi connectivity index (χ0v) is 12.2. The summed E-state index contributed by atoms with van der Waals surface area (Å²) < 4.78 is 5.88. The number of nitrogens with two attached hydrogens (primary N) is 1. The SMILES string of the molecule is COCCC(N)C(=O)N[C@H](C)c1ccccc1Br. The van der Waals surface area contributed by atoms with Gasteiger partial charge >= 0.3 is 0 Å². The molecule has 1 aromatic rings. The molecule has 18 heavy (non-hydrogen) atoms. The molecule has 0 aliphatic carbocycles. The Bertz CT molecular complexity index is 398. The second kappa shape index (κ2) is 7.51. The Morgan fingerprint density at radius 3 is 2.78 bits per heavy atom. The fourth-order valence-corrected chi connectivity index (χ4v) is 2.23. The molecule has 0 bridgehead atoms. The molecule has 0 aliphatic rings. The van der Waals surface area contributed by atoms with Crippen LogP contribution in [0.1, 0.15) is 24.9 Å².